The van der Waals surface area contributed by atoms with Crippen molar-refractivity contribution in [3.63, 3.8) is 0 Å². The second kappa shape index (κ2) is 20.7. The van der Waals surface area contributed by atoms with Crippen molar-refractivity contribution < 1.29 is 14.0 Å². The van der Waals surface area contributed by atoms with Crippen molar-refractivity contribution in [2.45, 2.75) is 130 Å². The average molecular weight is 413 g/mol. The van der Waals surface area contributed by atoms with Crippen molar-refractivity contribution in [1.29, 1.82) is 0 Å². The van der Waals surface area contributed by atoms with E-state index in [0.29, 0.717) is 13.0 Å². The number of carbonyl (C=O) groups excluding carboxylic acids is 1. The summed E-state index contributed by atoms with van der Waals surface area (Å²) in [5.41, 5.74) is 0. The molecule has 0 aliphatic carbocycles. The van der Waals surface area contributed by atoms with E-state index < -0.39 is 0 Å². The highest BCUT2D eigenvalue weighted by Gasteiger charge is 2.21. The van der Waals surface area contributed by atoms with Gasteiger partial charge < -0.3 is 9.22 Å². The Bertz CT molecular complexity index is 353. The van der Waals surface area contributed by atoms with Gasteiger partial charge in [0.25, 0.3) is 0 Å². The first-order valence-corrected chi connectivity index (χ1v) is 13.1. The number of quaternary nitrogens is 1. The van der Waals surface area contributed by atoms with Gasteiger partial charge in [-0.2, -0.15) is 0 Å². The highest BCUT2D eigenvalue weighted by Crippen LogP contribution is 2.16. The summed E-state index contributed by atoms with van der Waals surface area (Å²) in [6.45, 7) is 14.5. The van der Waals surface area contributed by atoms with Crippen LogP contribution in [0.2, 0.25) is 0 Å². The van der Waals surface area contributed by atoms with E-state index in [1.54, 1.807) is 0 Å². The summed E-state index contributed by atoms with van der Waals surface area (Å²) < 4.78 is 6.28. The Balaban J connectivity index is 3.69. The summed E-state index contributed by atoms with van der Waals surface area (Å²) >= 11 is 0. The van der Waals surface area contributed by atoms with Crippen molar-refractivity contribution in [2.24, 2.45) is 0 Å². The van der Waals surface area contributed by atoms with E-state index in [1.165, 1.54) is 114 Å². The van der Waals surface area contributed by atoms with Crippen LogP contribution in [0.3, 0.4) is 0 Å². The molecule has 0 aromatic carbocycles. The van der Waals surface area contributed by atoms with Gasteiger partial charge >= 0.3 is 5.97 Å². The topological polar surface area (TPSA) is 26.3 Å². The lowest BCUT2D eigenvalue weighted by atomic mass is 10.0. The molecular weight excluding hydrogens is 358 g/mol. The van der Waals surface area contributed by atoms with Gasteiger partial charge in [0.05, 0.1) is 32.8 Å². The fourth-order valence-corrected chi connectivity index (χ4v) is 4.38. The lowest BCUT2D eigenvalue weighted by molar-refractivity contribution is -0.925. The second-order valence-electron chi connectivity index (χ2n) is 8.93. The van der Waals surface area contributed by atoms with E-state index in [9.17, 15) is 4.79 Å². The number of hydrogen-bond donors (Lipinski definition) is 0. The van der Waals surface area contributed by atoms with Crippen molar-refractivity contribution in [2.75, 3.05) is 32.8 Å². The first-order chi connectivity index (χ1) is 14.1. The number of nitrogens with zero attached hydrogens (tertiary/aromatic N) is 1. The minimum Gasteiger partial charge on any atom is -0.466 e. The predicted molar refractivity (Wildman–Crippen MR) is 127 cm³/mol. The Morgan fingerprint density at radius 1 is 0.586 bits per heavy atom. The fraction of sp³-hybridized carbons (Fsp3) is 0.962. The summed E-state index contributed by atoms with van der Waals surface area (Å²) in [6, 6.07) is 0. The van der Waals surface area contributed by atoms with Gasteiger partial charge in [-0.1, -0.05) is 71.1 Å². The van der Waals surface area contributed by atoms with Crippen molar-refractivity contribution in [3.8, 4) is 0 Å². The fourth-order valence-electron chi connectivity index (χ4n) is 4.38. The molecule has 0 aliphatic rings. The maximum absolute atomic E-state index is 11.4. The van der Waals surface area contributed by atoms with Crippen LogP contribution in [-0.4, -0.2) is 43.2 Å². The highest BCUT2D eigenvalue weighted by molar-refractivity contribution is 5.69. The number of carbonyl (C=O) groups is 1. The molecule has 0 N–H and O–H groups in total. The van der Waals surface area contributed by atoms with Crippen molar-refractivity contribution in [1.82, 2.24) is 0 Å². The molecule has 0 bridgehead atoms. The second-order valence-corrected chi connectivity index (χ2v) is 8.93. The molecule has 0 aliphatic heterocycles. The Hall–Kier alpha value is -0.570. The van der Waals surface area contributed by atoms with Gasteiger partial charge in [0.2, 0.25) is 0 Å². The maximum atomic E-state index is 11.4. The lowest BCUT2D eigenvalue weighted by Crippen LogP contribution is -2.49. The molecule has 0 heterocycles. The Kier molecular flexibility index (Phi) is 20.3. The van der Waals surface area contributed by atoms with Crippen LogP contribution in [0.1, 0.15) is 130 Å². The minimum absolute atomic E-state index is 0.0317. The van der Waals surface area contributed by atoms with Crippen LogP contribution in [0.4, 0.5) is 0 Å². The predicted octanol–water partition coefficient (Wildman–Crippen LogP) is 7.67. The molecule has 0 saturated heterocycles. The molecule has 0 aromatic rings. The van der Waals surface area contributed by atoms with Gasteiger partial charge in [-0.3, -0.25) is 4.79 Å². The summed E-state index contributed by atoms with van der Waals surface area (Å²) in [7, 11) is 0. The van der Waals surface area contributed by atoms with Crippen LogP contribution in [-0.2, 0) is 9.53 Å². The van der Waals surface area contributed by atoms with Gasteiger partial charge in [-0.25, -0.2) is 0 Å². The third-order valence-corrected chi connectivity index (χ3v) is 6.65. The molecule has 0 fully saturated rings. The smallest absolute Gasteiger partial charge is 0.305 e. The van der Waals surface area contributed by atoms with E-state index in [2.05, 4.69) is 20.8 Å². The molecule has 0 rings (SSSR count). The first-order valence-electron chi connectivity index (χ1n) is 13.1. The van der Waals surface area contributed by atoms with Crippen molar-refractivity contribution >= 4 is 5.97 Å². The molecule has 174 valence electrons. The number of hydrogen-bond acceptors (Lipinski definition) is 2. The van der Waals surface area contributed by atoms with Crippen LogP contribution in [0.5, 0.6) is 0 Å². The van der Waals surface area contributed by atoms with Crippen molar-refractivity contribution in [3.05, 3.63) is 0 Å². The number of esters is 1. The highest BCUT2D eigenvalue weighted by atomic mass is 16.5. The van der Waals surface area contributed by atoms with Crippen LogP contribution in [0, 0.1) is 0 Å². The van der Waals surface area contributed by atoms with Gasteiger partial charge in [-0.05, 0) is 52.9 Å². The van der Waals surface area contributed by atoms with E-state index in [1.807, 2.05) is 6.92 Å². The molecule has 0 saturated carbocycles. The zero-order valence-corrected chi connectivity index (χ0v) is 20.6. The van der Waals surface area contributed by atoms with Crippen LogP contribution >= 0.6 is 0 Å². The molecule has 0 aromatic heterocycles. The normalized spacial score (nSPS) is 11.7. The van der Waals surface area contributed by atoms with Crippen LogP contribution < -0.4 is 0 Å². The zero-order chi connectivity index (χ0) is 21.6. The molecule has 29 heavy (non-hydrogen) atoms. The monoisotopic (exact) mass is 412 g/mol. The van der Waals surface area contributed by atoms with Crippen LogP contribution in [0.25, 0.3) is 0 Å². The Morgan fingerprint density at radius 3 is 1.41 bits per heavy atom. The summed E-state index contributed by atoms with van der Waals surface area (Å²) in [5.74, 6) is -0.0317. The SMILES string of the molecule is CCCCCCCCCCCCCC[N+](CC)(CC)CCCCCC(=O)OCC. The van der Waals surface area contributed by atoms with E-state index in [-0.39, 0.29) is 5.97 Å². The minimum atomic E-state index is -0.0317. The molecule has 0 amide bonds. The van der Waals surface area contributed by atoms with Gasteiger partial charge in [-0.15, -0.1) is 0 Å². The quantitative estimate of drug-likeness (QED) is 0.104. The summed E-state index contributed by atoms with van der Waals surface area (Å²) in [6.07, 6.45) is 21.0. The molecule has 0 atom stereocenters. The first kappa shape index (κ1) is 28.4. The molecule has 0 radical (unpaired) electrons. The maximum Gasteiger partial charge on any atom is 0.305 e. The molecule has 3 heteroatoms. The largest absolute Gasteiger partial charge is 0.466 e. The number of rotatable bonds is 22. The van der Waals surface area contributed by atoms with E-state index in [0.717, 1.165) is 12.8 Å². The molecule has 0 spiro atoms. The van der Waals surface area contributed by atoms with Gasteiger partial charge in [0.15, 0.2) is 0 Å². The Labute approximate surface area is 183 Å². The van der Waals surface area contributed by atoms with Gasteiger partial charge in [0, 0.05) is 6.42 Å². The summed E-state index contributed by atoms with van der Waals surface area (Å²) in [4.78, 5) is 11.4. The number of unbranched alkanes of at least 4 members (excludes halogenated alkanes) is 13. The zero-order valence-electron chi connectivity index (χ0n) is 20.6. The van der Waals surface area contributed by atoms with Gasteiger partial charge in [0.1, 0.15) is 0 Å². The van der Waals surface area contributed by atoms with Crippen LogP contribution in [0.15, 0.2) is 0 Å². The molecular formula is C26H54NO2+. The average Bonchev–Trinajstić information content (AvgIpc) is 2.73. The summed E-state index contributed by atoms with van der Waals surface area (Å²) in [5, 5.41) is 0. The Morgan fingerprint density at radius 2 is 1.00 bits per heavy atom. The number of ether oxygens (including phenoxy) is 1. The van der Waals surface area contributed by atoms with E-state index >= 15 is 0 Å². The third-order valence-electron chi connectivity index (χ3n) is 6.65. The molecule has 0 unspecified atom stereocenters. The standard InChI is InChI=1S/C26H54NO2/c1-5-9-10-11-12-13-14-15-16-17-18-21-24-27(6-2,7-3)25-22-19-20-23-26(28)29-8-4/h5-25H2,1-4H3/q+1. The molecule has 3 nitrogen and oxygen atoms in total. The lowest BCUT2D eigenvalue weighted by Gasteiger charge is -2.37. The van der Waals surface area contributed by atoms with E-state index in [4.69, 9.17) is 4.74 Å². The third kappa shape index (κ3) is 16.9.